The fraction of sp³-hybridized carbons (Fsp3) is 0.179. The van der Waals surface area contributed by atoms with Crippen molar-refractivity contribution in [1.82, 2.24) is 0 Å². The number of carbonyl (C=O) groups excluding carboxylic acids is 3. The van der Waals surface area contributed by atoms with E-state index >= 15 is 0 Å². The smallest absolute Gasteiger partial charge is 0.338 e. The number of nitrogens with zero attached hydrogens (tertiary/aromatic N) is 1. The highest BCUT2D eigenvalue weighted by Gasteiger charge is 2.47. The van der Waals surface area contributed by atoms with E-state index < -0.39 is 35.3 Å². The van der Waals surface area contributed by atoms with Gasteiger partial charge in [-0.3, -0.25) is 14.5 Å². The number of Topliss-reactive ketones (excluding diaryl/α,β-unsaturated/α-hetero) is 1. The Morgan fingerprint density at radius 1 is 1.03 bits per heavy atom. The Bertz CT molecular complexity index is 1380. The first kappa shape index (κ1) is 24.7. The molecule has 1 fully saturated rings. The molecule has 1 atom stereocenters. The zero-order valence-electron chi connectivity index (χ0n) is 19.9. The third-order valence-electron chi connectivity index (χ3n) is 5.94. The van der Waals surface area contributed by atoms with Crippen LogP contribution in [-0.4, -0.2) is 36.5 Å². The molecule has 36 heavy (non-hydrogen) atoms. The lowest BCUT2D eigenvalue weighted by atomic mass is 9.94. The van der Waals surface area contributed by atoms with Crippen LogP contribution in [0, 0.1) is 12.7 Å². The summed E-state index contributed by atoms with van der Waals surface area (Å²) < 4.78 is 24.1. The Kier molecular flexibility index (Phi) is 6.87. The minimum Gasteiger partial charge on any atom is -0.507 e. The molecule has 0 bridgehead atoms. The highest BCUT2D eigenvalue weighted by Crippen LogP contribution is 2.42. The number of amides is 1. The van der Waals surface area contributed by atoms with E-state index in [1.165, 1.54) is 43.2 Å². The molecule has 8 heteroatoms. The van der Waals surface area contributed by atoms with Gasteiger partial charge in [0.2, 0.25) is 0 Å². The number of esters is 1. The minimum absolute atomic E-state index is 0.155. The predicted octanol–water partition coefficient (Wildman–Crippen LogP) is 4.95. The second kappa shape index (κ2) is 10.0. The Balaban J connectivity index is 1.91. The molecule has 1 unspecified atom stereocenters. The molecular weight excluding hydrogens is 465 g/mol. The van der Waals surface area contributed by atoms with Crippen molar-refractivity contribution in [3.8, 4) is 5.75 Å². The van der Waals surface area contributed by atoms with Crippen molar-refractivity contribution in [2.24, 2.45) is 0 Å². The van der Waals surface area contributed by atoms with Gasteiger partial charge in [0.15, 0.2) is 0 Å². The van der Waals surface area contributed by atoms with E-state index in [0.29, 0.717) is 11.3 Å². The van der Waals surface area contributed by atoms with Gasteiger partial charge in [-0.05, 0) is 73.5 Å². The van der Waals surface area contributed by atoms with Crippen LogP contribution < -0.4 is 9.64 Å². The maximum absolute atomic E-state index is 13.9. The molecule has 0 spiro atoms. The van der Waals surface area contributed by atoms with Crippen molar-refractivity contribution in [3.63, 3.8) is 0 Å². The maximum Gasteiger partial charge on any atom is 0.338 e. The number of aliphatic hydroxyl groups excluding tert-OH is 1. The summed E-state index contributed by atoms with van der Waals surface area (Å²) in [4.78, 5) is 40.1. The SMILES string of the molecule is CCOC(=O)c1cccc(N2C(=O)C(=O)/C(=C(/O)c3ccc(F)c(C)c3)C2c2ccc(OC)cc2)c1. The van der Waals surface area contributed by atoms with Gasteiger partial charge in [-0.2, -0.15) is 0 Å². The normalized spacial score (nSPS) is 16.8. The number of halogens is 1. The molecule has 1 aliphatic rings. The number of aliphatic hydroxyl groups is 1. The van der Waals surface area contributed by atoms with Gasteiger partial charge < -0.3 is 14.6 Å². The van der Waals surface area contributed by atoms with Crippen LogP contribution in [0.2, 0.25) is 0 Å². The van der Waals surface area contributed by atoms with Gasteiger partial charge in [-0.15, -0.1) is 0 Å². The van der Waals surface area contributed by atoms with Crippen LogP contribution in [0.1, 0.15) is 40.0 Å². The number of carbonyl (C=O) groups is 3. The quantitative estimate of drug-likeness (QED) is 0.228. The van der Waals surface area contributed by atoms with Crippen LogP contribution >= 0.6 is 0 Å². The number of hydrogen-bond acceptors (Lipinski definition) is 6. The monoisotopic (exact) mass is 489 g/mol. The van der Waals surface area contributed by atoms with Gasteiger partial charge in [-0.25, -0.2) is 9.18 Å². The summed E-state index contributed by atoms with van der Waals surface area (Å²) in [6.07, 6.45) is 0. The highest BCUT2D eigenvalue weighted by molar-refractivity contribution is 6.51. The topological polar surface area (TPSA) is 93.1 Å². The van der Waals surface area contributed by atoms with Crippen molar-refractivity contribution in [2.75, 3.05) is 18.6 Å². The number of aryl methyl sites for hydroxylation is 1. The van der Waals surface area contributed by atoms with Crippen LogP contribution in [0.15, 0.2) is 72.3 Å². The van der Waals surface area contributed by atoms with E-state index in [2.05, 4.69) is 0 Å². The average molecular weight is 489 g/mol. The maximum atomic E-state index is 13.9. The zero-order chi connectivity index (χ0) is 26.0. The molecule has 0 aliphatic carbocycles. The lowest BCUT2D eigenvalue weighted by Gasteiger charge is -2.26. The average Bonchev–Trinajstić information content (AvgIpc) is 3.15. The fourth-order valence-electron chi connectivity index (χ4n) is 4.15. The second-order valence-electron chi connectivity index (χ2n) is 8.18. The summed E-state index contributed by atoms with van der Waals surface area (Å²) in [5, 5.41) is 11.2. The van der Waals surface area contributed by atoms with Crippen molar-refractivity contribution in [1.29, 1.82) is 0 Å². The summed E-state index contributed by atoms with van der Waals surface area (Å²) >= 11 is 0. The molecule has 1 amide bonds. The number of anilines is 1. The molecule has 184 valence electrons. The van der Waals surface area contributed by atoms with Crippen LogP contribution in [0.3, 0.4) is 0 Å². The number of ether oxygens (including phenoxy) is 2. The lowest BCUT2D eigenvalue weighted by Crippen LogP contribution is -2.29. The second-order valence-corrected chi connectivity index (χ2v) is 8.18. The number of methoxy groups -OCH3 is 1. The first-order valence-corrected chi connectivity index (χ1v) is 11.3. The van der Waals surface area contributed by atoms with E-state index in [-0.39, 0.29) is 34.6 Å². The highest BCUT2D eigenvalue weighted by atomic mass is 19.1. The molecule has 0 saturated carbocycles. The number of hydrogen-bond donors (Lipinski definition) is 1. The summed E-state index contributed by atoms with van der Waals surface area (Å²) in [6.45, 7) is 3.39. The Labute approximate surface area is 207 Å². The standard InChI is InChI=1S/C28H24FNO6/c1-4-36-28(34)19-6-5-7-20(15-19)30-24(17-8-11-21(35-3)12-9-17)23(26(32)27(30)33)25(31)18-10-13-22(29)16(2)14-18/h5-15,24,31H,4H2,1-3H3/b25-23+. The van der Waals surface area contributed by atoms with Crippen LogP contribution in [0.5, 0.6) is 5.75 Å². The van der Waals surface area contributed by atoms with Gasteiger partial charge in [0.05, 0.1) is 30.9 Å². The zero-order valence-corrected chi connectivity index (χ0v) is 19.9. The lowest BCUT2D eigenvalue weighted by molar-refractivity contribution is -0.132. The molecule has 4 rings (SSSR count). The molecule has 3 aromatic rings. The Morgan fingerprint density at radius 3 is 2.39 bits per heavy atom. The van der Waals surface area contributed by atoms with Gasteiger partial charge in [0, 0.05) is 11.3 Å². The van der Waals surface area contributed by atoms with Crippen molar-refractivity contribution >= 4 is 29.1 Å². The van der Waals surface area contributed by atoms with Crippen molar-refractivity contribution < 1.29 is 33.4 Å². The van der Waals surface area contributed by atoms with E-state index in [4.69, 9.17) is 9.47 Å². The molecule has 1 saturated heterocycles. The summed E-state index contributed by atoms with van der Waals surface area (Å²) in [5.74, 6) is -2.68. The van der Waals surface area contributed by atoms with Gasteiger partial charge in [0.1, 0.15) is 17.3 Å². The van der Waals surface area contributed by atoms with Crippen LogP contribution in [-0.2, 0) is 14.3 Å². The first-order chi connectivity index (χ1) is 17.3. The molecule has 1 aliphatic heterocycles. The largest absolute Gasteiger partial charge is 0.507 e. The molecule has 0 aromatic heterocycles. The van der Waals surface area contributed by atoms with Gasteiger partial charge in [0.25, 0.3) is 11.7 Å². The van der Waals surface area contributed by atoms with E-state index in [1.807, 2.05) is 0 Å². The molecular formula is C28H24FNO6. The Morgan fingerprint density at radius 2 is 1.75 bits per heavy atom. The van der Waals surface area contributed by atoms with E-state index in [9.17, 15) is 23.9 Å². The van der Waals surface area contributed by atoms with E-state index in [0.717, 1.165) is 0 Å². The molecule has 3 aromatic carbocycles. The Hall–Kier alpha value is -4.46. The summed E-state index contributed by atoms with van der Waals surface area (Å²) in [6, 6.07) is 15.8. The predicted molar refractivity (Wildman–Crippen MR) is 131 cm³/mol. The molecule has 0 radical (unpaired) electrons. The number of ketones is 1. The summed E-state index contributed by atoms with van der Waals surface area (Å²) in [7, 11) is 1.51. The fourth-order valence-corrected chi connectivity index (χ4v) is 4.15. The summed E-state index contributed by atoms with van der Waals surface area (Å²) in [5.41, 5.74) is 1.33. The minimum atomic E-state index is -1.02. The third kappa shape index (κ3) is 4.45. The number of rotatable bonds is 6. The molecule has 1 N–H and O–H groups in total. The van der Waals surface area contributed by atoms with E-state index in [1.54, 1.807) is 49.4 Å². The first-order valence-electron chi connectivity index (χ1n) is 11.3. The van der Waals surface area contributed by atoms with Crippen LogP contribution in [0.4, 0.5) is 10.1 Å². The molecule has 7 nitrogen and oxygen atoms in total. The number of benzene rings is 3. The van der Waals surface area contributed by atoms with Gasteiger partial charge in [-0.1, -0.05) is 18.2 Å². The third-order valence-corrected chi connectivity index (χ3v) is 5.94. The van der Waals surface area contributed by atoms with Gasteiger partial charge >= 0.3 is 5.97 Å². The van der Waals surface area contributed by atoms with Crippen LogP contribution in [0.25, 0.3) is 5.76 Å². The van der Waals surface area contributed by atoms with Crippen molar-refractivity contribution in [3.05, 3.63) is 100 Å². The van der Waals surface area contributed by atoms with Crippen molar-refractivity contribution in [2.45, 2.75) is 19.9 Å². The molecule has 1 heterocycles.